The van der Waals surface area contributed by atoms with Crippen LogP contribution in [-0.2, 0) is 27.5 Å². The van der Waals surface area contributed by atoms with Crippen molar-refractivity contribution in [1.29, 1.82) is 0 Å². The van der Waals surface area contributed by atoms with E-state index in [9.17, 15) is 4.79 Å². The summed E-state index contributed by atoms with van der Waals surface area (Å²) < 4.78 is 5.97. The highest BCUT2D eigenvalue weighted by molar-refractivity contribution is 6.27. The van der Waals surface area contributed by atoms with Gasteiger partial charge >= 0.3 is 11.9 Å². The molecule has 0 spiro atoms. The first-order chi connectivity index (χ1) is 18.3. The topological polar surface area (TPSA) is 116 Å². The molecule has 1 fully saturated rings. The van der Waals surface area contributed by atoms with E-state index in [-0.39, 0.29) is 17.9 Å². The second-order valence-electron chi connectivity index (χ2n) is 9.22. The van der Waals surface area contributed by atoms with E-state index < -0.39 is 11.9 Å². The van der Waals surface area contributed by atoms with E-state index in [0.717, 1.165) is 43.8 Å². The van der Waals surface area contributed by atoms with Gasteiger partial charge in [0, 0.05) is 12.5 Å². The number of hydrogen-bond donors (Lipinski definition) is 3. The van der Waals surface area contributed by atoms with Crippen molar-refractivity contribution in [2.45, 2.75) is 39.0 Å². The Balaban J connectivity index is 0.000000599. The Morgan fingerprint density at radius 1 is 0.868 bits per heavy atom. The van der Waals surface area contributed by atoms with Gasteiger partial charge in [-0.1, -0.05) is 72.8 Å². The van der Waals surface area contributed by atoms with Crippen molar-refractivity contribution in [3.63, 3.8) is 0 Å². The molecule has 200 valence electrons. The predicted octanol–water partition coefficient (Wildman–Crippen LogP) is 4.51. The Morgan fingerprint density at radius 2 is 1.45 bits per heavy atom. The number of hydrogen-bond acceptors (Lipinski definition) is 5. The summed E-state index contributed by atoms with van der Waals surface area (Å²) in [5, 5.41) is 18.0. The van der Waals surface area contributed by atoms with Crippen LogP contribution in [-0.4, -0.2) is 46.0 Å². The summed E-state index contributed by atoms with van der Waals surface area (Å²) >= 11 is 0. The lowest BCUT2D eigenvalue weighted by molar-refractivity contribution is -0.159. The standard InChI is InChI=1S/C28H32N2O2.C2H2O4/c1-22(25-12-6-3-7-13-25)29-28(31)26-15-17-30(18-16-26)20-24-11-8-14-27(19-24)32-21-23-9-4-2-5-10-23;3-1(4)2(5)6/h2-14,19,22,26H,15-18,20-21H2,1H3,(H,29,31);(H,3,4)(H,5,6). The quantitative estimate of drug-likeness (QED) is 0.376. The zero-order valence-corrected chi connectivity index (χ0v) is 21.5. The highest BCUT2D eigenvalue weighted by Gasteiger charge is 2.26. The number of ether oxygens (including phenoxy) is 1. The molecule has 1 atom stereocenters. The molecule has 8 nitrogen and oxygen atoms in total. The van der Waals surface area contributed by atoms with Crippen LogP contribution in [0.3, 0.4) is 0 Å². The van der Waals surface area contributed by atoms with Gasteiger partial charge in [0.25, 0.3) is 0 Å². The van der Waals surface area contributed by atoms with Crippen LogP contribution in [0.5, 0.6) is 5.75 Å². The van der Waals surface area contributed by atoms with Crippen molar-refractivity contribution < 1.29 is 29.3 Å². The Labute approximate surface area is 222 Å². The number of nitrogens with zero attached hydrogens (tertiary/aromatic N) is 1. The molecule has 0 saturated carbocycles. The van der Waals surface area contributed by atoms with Gasteiger partial charge in [-0.05, 0) is 61.7 Å². The third-order valence-electron chi connectivity index (χ3n) is 6.35. The van der Waals surface area contributed by atoms with E-state index in [0.29, 0.717) is 6.61 Å². The van der Waals surface area contributed by atoms with Crippen molar-refractivity contribution >= 4 is 17.8 Å². The van der Waals surface area contributed by atoms with E-state index >= 15 is 0 Å². The molecule has 38 heavy (non-hydrogen) atoms. The van der Waals surface area contributed by atoms with Crippen LogP contribution in [0, 0.1) is 5.92 Å². The summed E-state index contributed by atoms with van der Waals surface area (Å²) in [4.78, 5) is 33.4. The van der Waals surface area contributed by atoms with Gasteiger partial charge in [0.1, 0.15) is 12.4 Å². The lowest BCUT2D eigenvalue weighted by Crippen LogP contribution is -2.40. The van der Waals surface area contributed by atoms with Crippen LogP contribution in [0.4, 0.5) is 0 Å². The Kier molecular flexibility index (Phi) is 10.9. The summed E-state index contributed by atoms with van der Waals surface area (Å²) in [5.74, 6) is -2.48. The van der Waals surface area contributed by atoms with Crippen molar-refractivity contribution in [2.75, 3.05) is 13.1 Å². The molecule has 1 saturated heterocycles. The maximum absolute atomic E-state index is 12.7. The maximum Gasteiger partial charge on any atom is 0.414 e. The SMILES string of the molecule is CC(NC(=O)C1CCN(Cc2cccc(OCc3ccccc3)c2)CC1)c1ccccc1.O=C(O)C(=O)O. The molecular weight excluding hydrogens is 484 g/mol. The molecule has 0 bridgehead atoms. The highest BCUT2D eigenvalue weighted by atomic mass is 16.5. The smallest absolute Gasteiger partial charge is 0.414 e. The highest BCUT2D eigenvalue weighted by Crippen LogP contribution is 2.22. The number of carboxylic acids is 2. The average molecular weight is 519 g/mol. The van der Waals surface area contributed by atoms with Crippen LogP contribution < -0.4 is 10.1 Å². The van der Waals surface area contributed by atoms with E-state index in [1.165, 1.54) is 11.1 Å². The molecular formula is C30H34N2O6. The summed E-state index contributed by atoms with van der Waals surface area (Å²) in [5.41, 5.74) is 3.56. The van der Waals surface area contributed by atoms with E-state index in [1.54, 1.807) is 0 Å². The summed E-state index contributed by atoms with van der Waals surface area (Å²) in [6, 6.07) is 28.8. The monoisotopic (exact) mass is 518 g/mol. The first kappa shape index (κ1) is 28.4. The number of carbonyl (C=O) groups excluding carboxylic acids is 1. The molecule has 0 aromatic heterocycles. The minimum atomic E-state index is -1.82. The number of piperidine rings is 1. The number of carboxylic acid groups (broad SMARTS) is 2. The van der Waals surface area contributed by atoms with Crippen LogP contribution >= 0.6 is 0 Å². The normalized spacial score (nSPS) is 14.4. The first-order valence-corrected chi connectivity index (χ1v) is 12.6. The van der Waals surface area contributed by atoms with Crippen LogP contribution in [0.15, 0.2) is 84.9 Å². The Morgan fingerprint density at radius 3 is 2.05 bits per heavy atom. The average Bonchev–Trinajstić information content (AvgIpc) is 2.94. The molecule has 3 N–H and O–H groups in total. The number of likely N-dealkylation sites (tertiary alicyclic amines) is 1. The number of amides is 1. The van der Waals surface area contributed by atoms with Crippen LogP contribution in [0.25, 0.3) is 0 Å². The number of aliphatic carboxylic acids is 2. The third-order valence-corrected chi connectivity index (χ3v) is 6.35. The summed E-state index contributed by atoms with van der Waals surface area (Å²) in [7, 11) is 0. The molecule has 0 radical (unpaired) electrons. The Bertz CT molecular complexity index is 1170. The minimum Gasteiger partial charge on any atom is -0.489 e. The van der Waals surface area contributed by atoms with E-state index in [1.807, 2.05) is 42.5 Å². The number of rotatable bonds is 8. The fourth-order valence-corrected chi connectivity index (χ4v) is 4.24. The van der Waals surface area contributed by atoms with Gasteiger partial charge in [-0.15, -0.1) is 0 Å². The fourth-order valence-electron chi connectivity index (χ4n) is 4.24. The molecule has 1 heterocycles. The second kappa shape index (κ2) is 14.5. The molecule has 1 unspecified atom stereocenters. The number of benzene rings is 3. The van der Waals surface area contributed by atoms with Gasteiger partial charge in [0.05, 0.1) is 6.04 Å². The fraction of sp³-hybridized carbons (Fsp3) is 0.300. The molecule has 8 heteroatoms. The van der Waals surface area contributed by atoms with Crippen LogP contribution in [0.2, 0.25) is 0 Å². The minimum absolute atomic E-state index is 0.0420. The van der Waals surface area contributed by atoms with Gasteiger partial charge in [-0.3, -0.25) is 9.69 Å². The molecule has 1 aliphatic rings. The third kappa shape index (κ3) is 9.37. The van der Waals surface area contributed by atoms with E-state index in [2.05, 4.69) is 59.6 Å². The van der Waals surface area contributed by atoms with Gasteiger partial charge < -0.3 is 20.3 Å². The summed E-state index contributed by atoms with van der Waals surface area (Å²) in [6.07, 6.45) is 1.80. The first-order valence-electron chi connectivity index (χ1n) is 12.6. The molecule has 3 aromatic rings. The van der Waals surface area contributed by atoms with Gasteiger partial charge in [0.2, 0.25) is 5.91 Å². The summed E-state index contributed by atoms with van der Waals surface area (Å²) in [6.45, 7) is 5.39. The lowest BCUT2D eigenvalue weighted by Gasteiger charge is -2.32. The van der Waals surface area contributed by atoms with Gasteiger partial charge in [0.15, 0.2) is 0 Å². The lowest BCUT2D eigenvalue weighted by atomic mass is 9.95. The maximum atomic E-state index is 12.7. The van der Waals surface area contributed by atoms with Crippen molar-refractivity contribution in [1.82, 2.24) is 10.2 Å². The second-order valence-corrected chi connectivity index (χ2v) is 9.22. The predicted molar refractivity (Wildman–Crippen MR) is 143 cm³/mol. The van der Waals surface area contributed by atoms with Crippen LogP contribution in [0.1, 0.15) is 42.5 Å². The zero-order valence-electron chi connectivity index (χ0n) is 21.5. The van der Waals surface area contributed by atoms with Crippen molar-refractivity contribution in [3.8, 4) is 5.75 Å². The molecule has 3 aromatic carbocycles. The van der Waals surface area contributed by atoms with Gasteiger partial charge in [-0.25, -0.2) is 9.59 Å². The van der Waals surface area contributed by atoms with E-state index in [4.69, 9.17) is 24.5 Å². The zero-order chi connectivity index (χ0) is 27.3. The van der Waals surface area contributed by atoms with Crippen molar-refractivity contribution in [2.24, 2.45) is 5.92 Å². The molecule has 1 amide bonds. The Hall–Kier alpha value is -4.17. The van der Waals surface area contributed by atoms with Gasteiger partial charge in [-0.2, -0.15) is 0 Å². The molecule has 1 aliphatic heterocycles. The number of carbonyl (C=O) groups is 3. The largest absolute Gasteiger partial charge is 0.489 e. The van der Waals surface area contributed by atoms with Crippen molar-refractivity contribution in [3.05, 3.63) is 102 Å². The number of nitrogens with one attached hydrogen (secondary N) is 1. The molecule has 4 rings (SSSR count). The molecule has 0 aliphatic carbocycles.